The minimum atomic E-state index is 0.104. The molecule has 12 rings (SSSR count). The number of hydrogen-bond acceptors (Lipinski definition) is 4. The highest BCUT2D eigenvalue weighted by atomic mass is 16.3. The molecule has 1 aliphatic rings. The van der Waals surface area contributed by atoms with Crippen LogP contribution in [0.4, 0.5) is 0 Å². The van der Waals surface area contributed by atoms with Gasteiger partial charge in [-0.1, -0.05) is 149 Å². The molecule has 1 aliphatic carbocycles. The Morgan fingerprint density at radius 3 is 1.81 bits per heavy atom. The first-order valence-electron chi connectivity index (χ1n) is 21.6. The third-order valence-electron chi connectivity index (χ3n) is 13.5. The Balaban J connectivity index is 0.980. The zero-order valence-corrected chi connectivity index (χ0v) is 35.3. The van der Waals surface area contributed by atoms with Crippen molar-refractivity contribution >= 4 is 54.5 Å². The molecule has 8 aromatic carbocycles. The number of benzene rings is 8. The fourth-order valence-corrected chi connectivity index (χ4v) is 9.98. The van der Waals surface area contributed by atoms with E-state index in [1.807, 2.05) is 36.4 Å². The van der Waals surface area contributed by atoms with Crippen LogP contribution in [0.15, 0.2) is 174 Å². The van der Waals surface area contributed by atoms with E-state index in [4.69, 9.17) is 19.4 Å². The predicted molar refractivity (Wildman–Crippen MR) is 256 cm³/mol. The molecule has 0 atom stereocenters. The van der Waals surface area contributed by atoms with Gasteiger partial charge in [-0.25, -0.2) is 15.0 Å². The standard InChI is InChI=1S/C57H44N4O/c1-56(2)29-30-57(3,4)47-34-49-45(33-46(47)56)43-15-8-10-18-48(43)61(49)41-28-27-35-21-26-39(31-40(35)32-41)55-59-53(37-13-6-5-7-14-37)58-54(60-55)38-24-22-36(23-25-38)42-17-12-20-51-52(42)44-16-9-11-19-50(44)62-51/h5-28,31-34H,29-30H2,1-4H3. The first-order chi connectivity index (χ1) is 30.2. The van der Waals surface area contributed by atoms with Gasteiger partial charge < -0.3 is 8.98 Å². The largest absolute Gasteiger partial charge is 0.456 e. The lowest BCUT2D eigenvalue weighted by Crippen LogP contribution is -2.33. The summed E-state index contributed by atoms with van der Waals surface area (Å²) < 4.78 is 8.67. The van der Waals surface area contributed by atoms with Crippen LogP contribution >= 0.6 is 0 Å². The number of hydrogen-bond donors (Lipinski definition) is 0. The quantitative estimate of drug-likeness (QED) is 0.174. The molecule has 0 amide bonds. The normalized spacial score (nSPS) is 14.6. The summed E-state index contributed by atoms with van der Waals surface area (Å²) >= 11 is 0. The maximum atomic E-state index is 6.21. The Hall–Kier alpha value is -7.37. The summed E-state index contributed by atoms with van der Waals surface area (Å²) in [5.74, 6) is 1.90. The predicted octanol–water partition coefficient (Wildman–Crippen LogP) is 15.0. The first kappa shape index (κ1) is 36.5. The van der Waals surface area contributed by atoms with Crippen LogP contribution in [0.2, 0.25) is 0 Å². The van der Waals surface area contributed by atoms with Crippen LogP contribution in [-0.4, -0.2) is 19.5 Å². The van der Waals surface area contributed by atoms with Gasteiger partial charge >= 0.3 is 0 Å². The van der Waals surface area contributed by atoms with Crippen LogP contribution in [0.5, 0.6) is 0 Å². The van der Waals surface area contributed by atoms with Crippen molar-refractivity contribution in [2.75, 3.05) is 0 Å². The van der Waals surface area contributed by atoms with Gasteiger partial charge in [0, 0.05) is 43.9 Å². The van der Waals surface area contributed by atoms with E-state index in [2.05, 4.69) is 166 Å². The van der Waals surface area contributed by atoms with Crippen molar-refractivity contribution in [1.29, 1.82) is 0 Å². The summed E-state index contributed by atoms with van der Waals surface area (Å²) in [7, 11) is 0. The van der Waals surface area contributed by atoms with Crippen molar-refractivity contribution in [1.82, 2.24) is 19.5 Å². The van der Waals surface area contributed by atoms with Gasteiger partial charge in [0.2, 0.25) is 0 Å². The molecule has 0 radical (unpaired) electrons. The molecule has 0 aliphatic heterocycles. The van der Waals surface area contributed by atoms with Crippen molar-refractivity contribution in [3.63, 3.8) is 0 Å². The van der Waals surface area contributed by atoms with Gasteiger partial charge in [0.15, 0.2) is 17.5 Å². The summed E-state index contributed by atoms with van der Waals surface area (Å²) in [6.45, 7) is 9.64. The SMILES string of the molecule is CC1(C)CCC(C)(C)c2cc3c(cc21)c1ccccc1n3-c1ccc2ccc(-c3nc(-c4ccccc4)nc(-c4ccc(-c5cccc6oc7ccccc7c56)cc4)n3)cc2c1. The van der Waals surface area contributed by atoms with E-state index < -0.39 is 0 Å². The van der Waals surface area contributed by atoms with Crippen LogP contribution in [0.1, 0.15) is 51.7 Å². The highest BCUT2D eigenvalue weighted by molar-refractivity contribution is 6.13. The number of furan rings is 1. The molecule has 0 fully saturated rings. The lowest BCUT2D eigenvalue weighted by Gasteiger charge is -2.42. The monoisotopic (exact) mass is 800 g/mol. The van der Waals surface area contributed by atoms with Crippen molar-refractivity contribution in [3.8, 4) is 51.0 Å². The Morgan fingerprint density at radius 2 is 1.03 bits per heavy atom. The molecule has 11 aromatic rings. The van der Waals surface area contributed by atoms with Crippen LogP contribution in [0.3, 0.4) is 0 Å². The molecular weight excluding hydrogens is 757 g/mol. The zero-order chi connectivity index (χ0) is 41.7. The molecule has 0 spiro atoms. The van der Waals surface area contributed by atoms with E-state index in [-0.39, 0.29) is 10.8 Å². The third kappa shape index (κ3) is 5.79. The lowest BCUT2D eigenvalue weighted by atomic mass is 9.63. The summed E-state index contributed by atoms with van der Waals surface area (Å²) in [6.07, 6.45) is 2.36. The average molecular weight is 801 g/mol. The maximum absolute atomic E-state index is 6.21. The summed E-state index contributed by atoms with van der Waals surface area (Å²) in [5.41, 5.74) is 13.6. The van der Waals surface area contributed by atoms with E-state index in [0.717, 1.165) is 66.2 Å². The summed E-state index contributed by atoms with van der Waals surface area (Å²) in [6, 6.07) is 60.4. The number of rotatable bonds is 5. The number of para-hydroxylation sites is 2. The average Bonchev–Trinajstić information content (AvgIpc) is 3.86. The number of fused-ring (bicyclic) bond motifs is 8. The second-order valence-electron chi connectivity index (χ2n) is 18.3. The van der Waals surface area contributed by atoms with Crippen molar-refractivity contribution in [2.24, 2.45) is 0 Å². The molecule has 0 saturated heterocycles. The fourth-order valence-electron chi connectivity index (χ4n) is 9.98. The van der Waals surface area contributed by atoms with Crippen LogP contribution < -0.4 is 0 Å². The molecule has 5 heteroatoms. The smallest absolute Gasteiger partial charge is 0.164 e. The van der Waals surface area contributed by atoms with Gasteiger partial charge in [0.1, 0.15) is 11.2 Å². The molecular formula is C57H44N4O. The highest BCUT2D eigenvalue weighted by Crippen LogP contribution is 2.49. The van der Waals surface area contributed by atoms with Gasteiger partial charge in [0.05, 0.1) is 11.0 Å². The topological polar surface area (TPSA) is 56.7 Å². The lowest BCUT2D eigenvalue weighted by molar-refractivity contribution is 0.332. The minimum Gasteiger partial charge on any atom is -0.456 e. The van der Waals surface area contributed by atoms with Gasteiger partial charge in [-0.3, -0.25) is 0 Å². The number of aromatic nitrogens is 4. The molecule has 3 aromatic heterocycles. The maximum Gasteiger partial charge on any atom is 0.164 e. The van der Waals surface area contributed by atoms with Crippen LogP contribution in [0, 0.1) is 0 Å². The van der Waals surface area contributed by atoms with Crippen molar-refractivity contribution in [3.05, 3.63) is 181 Å². The van der Waals surface area contributed by atoms with E-state index in [0.29, 0.717) is 17.5 Å². The molecule has 298 valence electrons. The third-order valence-corrected chi connectivity index (χ3v) is 13.5. The minimum absolute atomic E-state index is 0.104. The van der Waals surface area contributed by atoms with Crippen molar-refractivity contribution in [2.45, 2.75) is 51.4 Å². The van der Waals surface area contributed by atoms with Gasteiger partial charge in [-0.2, -0.15) is 0 Å². The Morgan fingerprint density at radius 1 is 0.435 bits per heavy atom. The Kier molecular flexibility index (Phi) is 7.98. The fraction of sp³-hybridized carbons (Fsp3) is 0.140. The highest BCUT2D eigenvalue weighted by Gasteiger charge is 2.38. The van der Waals surface area contributed by atoms with E-state index >= 15 is 0 Å². The van der Waals surface area contributed by atoms with Gasteiger partial charge in [0.25, 0.3) is 0 Å². The van der Waals surface area contributed by atoms with E-state index in [1.165, 1.54) is 45.8 Å². The number of nitrogens with zero attached hydrogens (tertiary/aromatic N) is 4. The molecule has 62 heavy (non-hydrogen) atoms. The van der Waals surface area contributed by atoms with Crippen LogP contribution in [-0.2, 0) is 10.8 Å². The molecule has 0 unspecified atom stereocenters. The molecule has 0 bridgehead atoms. The Labute approximate surface area is 360 Å². The van der Waals surface area contributed by atoms with Gasteiger partial charge in [-0.05, 0) is 105 Å². The molecule has 0 N–H and O–H groups in total. The molecule has 3 heterocycles. The van der Waals surface area contributed by atoms with Crippen LogP contribution in [0.25, 0.3) is 105 Å². The Bertz CT molecular complexity index is 3570. The van der Waals surface area contributed by atoms with E-state index in [1.54, 1.807) is 0 Å². The zero-order valence-electron chi connectivity index (χ0n) is 35.3. The molecule has 0 saturated carbocycles. The molecule has 5 nitrogen and oxygen atoms in total. The second-order valence-corrected chi connectivity index (χ2v) is 18.3. The van der Waals surface area contributed by atoms with E-state index in [9.17, 15) is 0 Å². The van der Waals surface area contributed by atoms with Gasteiger partial charge in [-0.15, -0.1) is 0 Å². The summed E-state index contributed by atoms with van der Waals surface area (Å²) in [5, 5.41) is 7.11. The van der Waals surface area contributed by atoms with Crippen molar-refractivity contribution < 1.29 is 4.42 Å². The summed E-state index contributed by atoms with van der Waals surface area (Å²) in [4.78, 5) is 15.3. The first-order valence-corrected chi connectivity index (χ1v) is 21.6. The second kappa shape index (κ2) is 13.6.